The summed E-state index contributed by atoms with van der Waals surface area (Å²) in [4.78, 5) is 10.4. The quantitative estimate of drug-likeness (QED) is 0.477. The van der Waals surface area contributed by atoms with Crippen molar-refractivity contribution >= 4 is 18.0 Å². The van der Waals surface area contributed by atoms with Gasteiger partial charge in [0.05, 0.1) is 0 Å². The van der Waals surface area contributed by atoms with Crippen LogP contribution in [0.5, 0.6) is 0 Å². The van der Waals surface area contributed by atoms with Crippen molar-refractivity contribution in [2.45, 2.75) is 0 Å². The zero-order chi connectivity index (χ0) is 15.4. The van der Waals surface area contributed by atoms with Gasteiger partial charge in [-0.1, -0.05) is 0 Å². The van der Waals surface area contributed by atoms with Crippen LogP contribution < -0.4 is 31.8 Å². The molecule has 22 heavy (non-hydrogen) atoms. The van der Waals surface area contributed by atoms with Gasteiger partial charge in [0.25, 0.3) is 0 Å². The molecular formula is C18H15IO2P-. The first-order valence-corrected chi connectivity index (χ1v) is 10.7. The van der Waals surface area contributed by atoms with E-state index in [4.69, 9.17) is 0 Å². The summed E-state index contributed by atoms with van der Waals surface area (Å²) in [5, 5.41) is 0.958. The summed E-state index contributed by atoms with van der Waals surface area (Å²) in [5.41, 5.74) is 0. The van der Waals surface area contributed by atoms with Gasteiger partial charge in [-0.2, -0.15) is 0 Å². The van der Waals surface area contributed by atoms with Gasteiger partial charge in [0, 0.05) is 0 Å². The summed E-state index contributed by atoms with van der Waals surface area (Å²) >= 11 is -0.247. The van der Waals surface area contributed by atoms with Crippen LogP contribution in [0, 0.1) is 7.14 Å². The summed E-state index contributed by atoms with van der Waals surface area (Å²) < 4.78 is 15.2. The summed E-state index contributed by atoms with van der Waals surface area (Å²) in [6, 6.07) is 26.7. The molecular weight excluding hydrogens is 406 g/mol. The Bertz CT molecular complexity index is 786. The van der Waals surface area contributed by atoms with Gasteiger partial charge >= 0.3 is 141 Å². The van der Waals surface area contributed by atoms with Gasteiger partial charge in [0.15, 0.2) is 0 Å². The summed E-state index contributed by atoms with van der Waals surface area (Å²) in [5.74, 6) is 0. The average molecular weight is 421 g/mol. The van der Waals surface area contributed by atoms with Crippen molar-refractivity contribution < 1.29 is 30.7 Å². The molecule has 0 aliphatic heterocycles. The predicted octanol–water partition coefficient (Wildman–Crippen LogP) is 0.0362. The molecule has 0 bridgehead atoms. The van der Waals surface area contributed by atoms with Crippen LogP contribution in [0.1, 0.15) is 0 Å². The summed E-state index contributed by atoms with van der Waals surface area (Å²) in [6.07, 6.45) is 0. The topological polar surface area (TPSA) is 37.3 Å². The van der Waals surface area contributed by atoms with E-state index < -0.39 is 7.37 Å². The molecule has 4 heteroatoms. The summed E-state index contributed by atoms with van der Waals surface area (Å²) in [6.45, 7) is 0. The number of hydrogen-bond donors (Lipinski definition) is 1. The molecule has 0 fully saturated rings. The first-order chi connectivity index (χ1) is 10.7. The second-order valence-electron chi connectivity index (χ2n) is 4.78. The predicted molar refractivity (Wildman–Crippen MR) is 85.8 cm³/mol. The fourth-order valence-electron chi connectivity index (χ4n) is 2.09. The zero-order valence-corrected chi connectivity index (χ0v) is 14.8. The van der Waals surface area contributed by atoms with E-state index in [-0.39, 0.29) is 21.2 Å². The molecule has 1 unspecified atom stereocenters. The van der Waals surface area contributed by atoms with Crippen molar-refractivity contribution in [2.24, 2.45) is 0 Å². The van der Waals surface area contributed by atoms with E-state index in [0.717, 1.165) is 0 Å². The molecule has 0 spiro atoms. The minimum atomic E-state index is -3.49. The SMILES string of the molecule is O=P(O)(c1ccccc1)c1ccc([I-]c2ccccc2)cc1. The normalized spacial score (nSPS) is 13.7. The Morgan fingerprint density at radius 2 is 1.09 bits per heavy atom. The van der Waals surface area contributed by atoms with Crippen LogP contribution in [0.3, 0.4) is 0 Å². The first kappa shape index (κ1) is 15.5. The van der Waals surface area contributed by atoms with Gasteiger partial charge in [-0.15, -0.1) is 0 Å². The number of rotatable bonds is 4. The van der Waals surface area contributed by atoms with Crippen molar-refractivity contribution in [3.63, 3.8) is 0 Å². The molecule has 0 aromatic heterocycles. The molecule has 0 radical (unpaired) electrons. The molecule has 0 heterocycles. The molecule has 0 aliphatic carbocycles. The second-order valence-corrected chi connectivity index (χ2v) is 9.99. The molecule has 1 atom stereocenters. The van der Waals surface area contributed by atoms with E-state index in [2.05, 4.69) is 12.1 Å². The van der Waals surface area contributed by atoms with E-state index in [0.29, 0.717) is 10.6 Å². The van der Waals surface area contributed by atoms with Gasteiger partial charge in [-0.3, -0.25) is 0 Å². The van der Waals surface area contributed by atoms with E-state index in [1.807, 2.05) is 36.4 Å². The van der Waals surface area contributed by atoms with Crippen LogP contribution >= 0.6 is 7.37 Å². The van der Waals surface area contributed by atoms with Crippen molar-refractivity contribution in [1.29, 1.82) is 0 Å². The van der Waals surface area contributed by atoms with E-state index in [9.17, 15) is 9.46 Å². The van der Waals surface area contributed by atoms with Crippen molar-refractivity contribution in [3.8, 4) is 0 Å². The molecule has 112 valence electrons. The molecule has 0 aliphatic rings. The Hall–Kier alpha value is -1.42. The Morgan fingerprint density at radius 3 is 1.68 bits per heavy atom. The van der Waals surface area contributed by atoms with Crippen LogP contribution in [0.25, 0.3) is 0 Å². The third kappa shape index (κ3) is 3.49. The fraction of sp³-hybridized carbons (Fsp3) is 0. The van der Waals surface area contributed by atoms with Crippen LogP contribution in [0.4, 0.5) is 0 Å². The first-order valence-electron chi connectivity index (χ1n) is 6.85. The summed E-state index contributed by atoms with van der Waals surface area (Å²) in [7, 11) is -3.49. The molecule has 3 aromatic rings. The van der Waals surface area contributed by atoms with Gasteiger partial charge in [0.2, 0.25) is 0 Å². The van der Waals surface area contributed by atoms with E-state index >= 15 is 0 Å². The Kier molecular flexibility index (Phi) is 4.77. The molecule has 2 nitrogen and oxygen atoms in total. The van der Waals surface area contributed by atoms with Crippen molar-refractivity contribution in [3.05, 3.63) is 92.1 Å². The molecule has 1 N–H and O–H groups in total. The number of halogens is 1. The maximum absolute atomic E-state index is 12.7. The third-order valence-electron chi connectivity index (χ3n) is 3.23. The zero-order valence-electron chi connectivity index (χ0n) is 11.8. The Labute approximate surface area is 140 Å². The second kappa shape index (κ2) is 6.78. The van der Waals surface area contributed by atoms with Crippen molar-refractivity contribution in [2.75, 3.05) is 0 Å². The van der Waals surface area contributed by atoms with Crippen LogP contribution in [0.15, 0.2) is 84.9 Å². The van der Waals surface area contributed by atoms with Crippen molar-refractivity contribution in [1.82, 2.24) is 0 Å². The molecule has 3 rings (SSSR count). The van der Waals surface area contributed by atoms with E-state index in [1.165, 1.54) is 7.14 Å². The molecule has 0 saturated heterocycles. The monoisotopic (exact) mass is 421 g/mol. The molecule has 0 saturated carbocycles. The number of benzene rings is 3. The minimum absolute atomic E-state index is 0.247. The number of hydrogen-bond acceptors (Lipinski definition) is 1. The molecule has 3 aromatic carbocycles. The molecule has 0 amide bonds. The van der Waals surface area contributed by atoms with Crippen LogP contribution in [0.2, 0.25) is 0 Å². The Balaban J connectivity index is 1.84. The average Bonchev–Trinajstić information content (AvgIpc) is 2.57. The third-order valence-corrected chi connectivity index (χ3v) is 7.91. The van der Waals surface area contributed by atoms with Gasteiger partial charge in [0.1, 0.15) is 0 Å². The standard InChI is InChI=1S/C18H15IO2P/c20-22(21,17-9-5-2-6-10-17)18-13-11-16(12-14-18)19-15-7-3-1-4-8-15/h1-14H,(H,20,21)/q-1. The van der Waals surface area contributed by atoms with Gasteiger partial charge in [-0.05, 0) is 0 Å². The van der Waals surface area contributed by atoms with Gasteiger partial charge in [-0.25, -0.2) is 0 Å². The van der Waals surface area contributed by atoms with Crippen LogP contribution in [-0.4, -0.2) is 4.89 Å². The van der Waals surface area contributed by atoms with E-state index in [1.54, 1.807) is 36.4 Å². The van der Waals surface area contributed by atoms with Crippen LogP contribution in [-0.2, 0) is 4.57 Å². The fourth-order valence-corrected chi connectivity index (χ4v) is 5.73. The van der Waals surface area contributed by atoms with Gasteiger partial charge < -0.3 is 0 Å². The maximum atomic E-state index is 12.7. The Morgan fingerprint density at radius 1 is 0.636 bits per heavy atom.